The van der Waals surface area contributed by atoms with E-state index in [0.29, 0.717) is 18.9 Å². The highest BCUT2D eigenvalue weighted by molar-refractivity contribution is 6.27. The molecule has 0 unspecified atom stereocenters. The van der Waals surface area contributed by atoms with Gasteiger partial charge in [0, 0.05) is 13.5 Å². The van der Waals surface area contributed by atoms with E-state index < -0.39 is 0 Å². The lowest BCUT2D eigenvalue weighted by atomic mass is 10.4. The van der Waals surface area contributed by atoms with Gasteiger partial charge in [-0.15, -0.1) is 0 Å². The Labute approximate surface area is 63.1 Å². The van der Waals surface area contributed by atoms with Crippen LogP contribution in [0.3, 0.4) is 0 Å². The lowest BCUT2D eigenvalue weighted by Gasteiger charge is -1.89. The van der Waals surface area contributed by atoms with Crippen molar-refractivity contribution in [2.45, 2.75) is 6.42 Å². The quantitative estimate of drug-likeness (QED) is 0.663. The van der Waals surface area contributed by atoms with Crippen molar-refractivity contribution in [3.05, 3.63) is 11.2 Å². The van der Waals surface area contributed by atoms with E-state index in [2.05, 4.69) is 14.7 Å². The minimum Gasteiger partial charge on any atom is -0.384 e. The van der Waals surface area contributed by atoms with Gasteiger partial charge in [-0.1, -0.05) is 5.16 Å². The highest BCUT2D eigenvalue weighted by Gasteiger charge is 2.01. The molecule has 0 saturated carbocycles. The lowest BCUT2D eigenvalue weighted by Crippen LogP contribution is -1.95. The summed E-state index contributed by atoms with van der Waals surface area (Å²) in [5.41, 5.74) is 0. The Bertz CT molecular complexity index is 201. The molecule has 0 aliphatic carbocycles. The monoisotopic (exact) mass is 162 g/mol. The normalized spacial score (nSPS) is 10.2. The summed E-state index contributed by atoms with van der Waals surface area (Å²) in [6.45, 7) is 0.579. The Morgan fingerprint density at radius 3 is 3.00 bits per heavy atom. The summed E-state index contributed by atoms with van der Waals surface area (Å²) in [6.07, 6.45) is 0.632. The fraction of sp³-hybridized carbons (Fsp3) is 0.600. The largest absolute Gasteiger partial charge is 0.384 e. The van der Waals surface area contributed by atoms with Crippen molar-refractivity contribution in [2.24, 2.45) is 0 Å². The van der Waals surface area contributed by atoms with Gasteiger partial charge in [-0.25, -0.2) is 0 Å². The molecule has 4 nitrogen and oxygen atoms in total. The van der Waals surface area contributed by atoms with Crippen molar-refractivity contribution >= 4 is 11.6 Å². The van der Waals surface area contributed by atoms with E-state index >= 15 is 0 Å². The zero-order chi connectivity index (χ0) is 7.40. The number of nitrogens with zero attached hydrogens (tertiary/aromatic N) is 2. The van der Waals surface area contributed by atoms with E-state index in [4.69, 9.17) is 16.3 Å². The lowest BCUT2D eigenvalue weighted by molar-refractivity contribution is 0.199. The average Bonchev–Trinajstić information content (AvgIpc) is 2.31. The van der Waals surface area contributed by atoms with Gasteiger partial charge in [0.05, 0.1) is 6.61 Å². The molecule has 56 valence electrons. The number of aromatic nitrogens is 2. The van der Waals surface area contributed by atoms with E-state index in [1.165, 1.54) is 0 Å². The molecule has 0 radical (unpaired) electrons. The van der Waals surface area contributed by atoms with Gasteiger partial charge in [0.2, 0.25) is 0 Å². The molecule has 0 spiro atoms. The molecular weight excluding hydrogens is 156 g/mol. The first-order valence-corrected chi connectivity index (χ1v) is 3.17. The SMILES string of the molecule is COCCc1noc(Cl)n1. The zero-order valence-corrected chi connectivity index (χ0v) is 6.26. The predicted octanol–water partition coefficient (Wildman–Crippen LogP) is 0.912. The third-order valence-corrected chi connectivity index (χ3v) is 1.13. The molecule has 1 heterocycles. The van der Waals surface area contributed by atoms with Gasteiger partial charge in [-0.3, -0.25) is 0 Å². The van der Waals surface area contributed by atoms with Crippen LogP contribution >= 0.6 is 11.6 Å². The second-order valence-corrected chi connectivity index (χ2v) is 2.03. The third kappa shape index (κ3) is 1.97. The summed E-state index contributed by atoms with van der Waals surface area (Å²) in [6, 6.07) is 0. The fourth-order valence-corrected chi connectivity index (χ4v) is 0.660. The number of ether oxygens (including phenoxy) is 1. The first-order chi connectivity index (χ1) is 4.83. The van der Waals surface area contributed by atoms with Gasteiger partial charge < -0.3 is 9.26 Å². The molecule has 5 heteroatoms. The molecule has 0 atom stereocenters. The molecular formula is C5H7ClN2O2. The zero-order valence-electron chi connectivity index (χ0n) is 5.50. The Hall–Kier alpha value is -0.610. The minimum absolute atomic E-state index is 0.0751. The van der Waals surface area contributed by atoms with Crippen molar-refractivity contribution < 1.29 is 9.26 Å². The van der Waals surface area contributed by atoms with Gasteiger partial charge in [0.1, 0.15) is 0 Å². The van der Waals surface area contributed by atoms with Crippen molar-refractivity contribution in [2.75, 3.05) is 13.7 Å². The van der Waals surface area contributed by atoms with E-state index in [9.17, 15) is 0 Å². The molecule has 0 aromatic carbocycles. The van der Waals surface area contributed by atoms with Crippen LogP contribution in [0.4, 0.5) is 0 Å². The van der Waals surface area contributed by atoms with E-state index in [-0.39, 0.29) is 5.35 Å². The summed E-state index contributed by atoms with van der Waals surface area (Å²) in [4.78, 5) is 3.76. The maximum atomic E-state index is 5.36. The van der Waals surface area contributed by atoms with Crippen molar-refractivity contribution in [3.8, 4) is 0 Å². The smallest absolute Gasteiger partial charge is 0.320 e. The number of hydrogen-bond acceptors (Lipinski definition) is 4. The average molecular weight is 163 g/mol. The molecule has 0 N–H and O–H groups in total. The Morgan fingerprint density at radius 2 is 2.50 bits per heavy atom. The van der Waals surface area contributed by atoms with Gasteiger partial charge in [-0.05, 0) is 11.6 Å². The van der Waals surface area contributed by atoms with Crippen LogP contribution in [0.2, 0.25) is 5.35 Å². The van der Waals surface area contributed by atoms with Crippen LogP contribution in [-0.2, 0) is 11.2 Å². The summed E-state index contributed by atoms with van der Waals surface area (Å²) < 4.78 is 9.30. The first kappa shape index (κ1) is 7.50. The molecule has 1 aromatic rings. The van der Waals surface area contributed by atoms with Crippen molar-refractivity contribution in [1.29, 1.82) is 0 Å². The molecule has 1 rings (SSSR count). The Kier molecular flexibility index (Phi) is 2.65. The molecule has 0 aliphatic heterocycles. The topological polar surface area (TPSA) is 48.2 Å². The second kappa shape index (κ2) is 3.53. The Balaban J connectivity index is 2.42. The van der Waals surface area contributed by atoms with Gasteiger partial charge in [0.25, 0.3) is 0 Å². The highest BCUT2D eigenvalue weighted by Crippen LogP contribution is 2.03. The first-order valence-electron chi connectivity index (χ1n) is 2.80. The molecule has 0 bridgehead atoms. The van der Waals surface area contributed by atoms with E-state index in [1.807, 2.05) is 0 Å². The number of methoxy groups -OCH3 is 1. The maximum absolute atomic E-state index is 5.36. The van der Waals surface area contributed by atoms with Gasteiger partial charge >= 0.3 is 5.35 Å². The summed E-state index contributed by atoms with van der Waals surface area (Å²) in [5, 5.41) is 3.63. The van der Waals surface area contributed by atoms with Crippen LogP contribution in [0.15, 0.2) is 4.52 Å². The van der Waals surface area contributed by atoms with E-state index in [1.54, 1.807) is 7.11 Å². The third-order valence-electron chi connectivity index (χ3n) is 0.973. The summed E-state index contributed by atoms with van der Waals surface area (Å²) in [5.74, 6) is 0.576. The van der Waals surface area contributed by atoms with Crippen LogP contribution < -0.4 is 0 Å². The van der Waals surface area contributed by atoms with Crippen LogP contribution in [0.5, 0.6) is 0 Å². The van der Waals surface area contributed by atoms with E-state index in [0.717, 1.165) is 0 Å². The van der Waals surface area contributed by atoms with Gasteiger partial charge in [0.15, 0.2) is 5.82 Å². The number of halogens is 1. The molecule has 1 aromatic heterocycles. The molecule has 0 amide bonds. The molecule has 0 aliphatic rings. The van der Waals surface area contributed by atoms with Crippen LogP contribution in [0, 0.1) is 0 Å². The predicted molar refractivity (Wildman–Crippen MR) is 34.9 cm³/mol. The standard InChI is InChI=1S/C5H7ClN2O2/c1-9-3-2-4-7-5(6)10-8-4/h2-3H2,1H3. The second-order valence-electron chi connectivity index (χ2n) is 1.71. The number of rotatable bonds is 3. The summed E-state index contributed by atoms with van der Waals surface area (Å²) in [7, 11) is 1.61. The maximum Gasteiger partial charge on any atom is 0.320 e. The molecule has 0 fully saturated rings. The van der Waals surface area contributed by atoms with Crippen molar-refractivity contribution in [1.82, 2.24) is 10.1 Å². The molecule has 0 saturated heterocycles. The van der Waals surface area contributed by atoms with Crippen LogP contribution in [0.1, 0.15) is 5.82 Å². The van der Waals surface area contributed by atoms with Crippen LogP contribution in [-0.4, -0.2) is 23.9 Å². The highest BCUT2D eigenvalue weighted by atomic mass is 35.5. The fourth-order valence-electron chi connectivity index (χ4n) is 0.528. The Morgan fingerprint density at radius 1 is 1.70 bits per heavy atom. The van der Waals surface area contributed by atoms with Gasteiger partial charge in [-0.2, -0.15) is 4.98 Å². The number of hydrogen-bond donors (Lipinski definition) is 0. The molecule has 10 heavy (non-hydrogen) atoms. The van der Waals surface area contributed by atoms with Crippen LogP contribution in [0.25, 0.3) is 0 Å². The van der Waals surface area contributed by atoms with Crippen molar-refractivity contribution in [3.63, 3.8) is 0 Å². The minimum atomic E-state index is 0.0751. The summed E-state index contributed by atoms with van der Waals surface area (Å²) >= 11 is 5.36.